The molecular formula is C12H16ClF3N2O3S. The van der Waals surface area contributed by atoms with Crippen LogP contribution < -0.4 is 10.5 Å². The van der Waals surface area contributed by atoms with Crippen molar-refractivity contribution in [2.45, 2.75) is 30.4 Å². The topological polar surface area (TPSA) is 72.6 Å². The van der Waals surface area contributed by atoms with Gasteiger partial charge in [-0.25, -0.2) is 12.8 Å². The first-order valence-corrected chi connectivity index (χ1v) is 7.75. The number of hydrogen-bond donors (Lipinski definition) is 1. The number of rotatable bonds is 4. The molecule has 2 rings (SSSR count). The molecule has 10 heteroatoms. The Morgan fingerprint density at radius 2 is 2.05 bits per heavy atom. The molecule has 0 radical (unpaired) electrons. The summed E-state index contributed by atoms with van der Waals surface area (Å²) in [5.74, 6) is -1.85. The molecule has 22 heavy (non-hydrogen) atoms. The number of nitrogens with two attached hydrogens (primary N) is 1. The van der Waals surface area contributed by atoms with Gasteiger partial charge in [-0.3, -0.25) is 0 Å². The van der Waals surface area contributed by atoms with Crippen LogP contribution >= 0.6 is 12.4 Å². The molecule has 126 valence electrons. The van der Waals surface area contributed by atoms with Crippen LogP contribution in [0.4, 0.5) is 13.2 Å². The molecule has 0 saturated carbocycles. The number of piperidine rings is 1. The normalized spacial score (nSPS) is 19.8. The Balaban J connectivity index is 0.00000242. The maximum atomic E-state index is 13.6. The highest BCUT2D eigenvalue weighted by Crippen LogP contribution is 2.26. The highest BCUT2D eigenvalue weighted by molar-refractivity contribution is 7.89. The summed E-state index contributed by atoms with van der Waals surface area (Å²) in [5, 5.41) is 0. The van der Waals surface area contributed by atoms with Crippen LogP contribution in [0, 0.1) is 5.82 Å². The SMILES string of the molecule is Cl.N[C@@H]1CCCN(S(=O)(=O)c2ccc(OC(F)F)c(F)c2)C1. The zero-order valence-electron chi connectivity index (χ0n) is 11.4. The van der Waals surface area contributed by atoms with Gasteiger partial charge in [0, 0.05) is 19.1 Å². The molecule has 1 aromatic carbocycles. The fraction of sp³-hybridized carbons (Fsp3) is 0.500. The number of benzene rings is 1. The number of ether oxygens (including phenoxy) is 1. The molecule has 0 bridgehead atoms. The molecule has 0 aliphatic carbocycles. The van der Waals surface area contributed by atoms with E-state index in [4.69, 9.17) is 5.73 Å². The molecule has 0 aromatic heterocycles. The van der Waals surface area contributed by atoms with Crippen molar-refractivity contribution in [1.29, 1.82) is 0 Å². The van der Waals surface area contributed by atoms with Crippen LogP contribution in [0.1, 0.15) is 12.8 Å². The molecular weight excluding hydrogens is 345 g/mol. The Morgan fingerprint density at radius 3 is 2.59 bits per heavy atom. The van der Waals surface area contributed by atoms with E-state index in [0.29, 0.717) is 19.0 Å². The number of hydrogen-bond acceptors (Lipinski definition) is 4. The first-order valence-electron chi connectivity index (χ1n) is 6.31. The monoisotopic (exact) mass is 360 g/mol. The molecule has 1 saturated heterocycles. The summed E-state index contributed by atoms with van der Waals surface area (Å²) in [6, 6.07) is 2.32. The average molecular weight is 361 g/mol. The van der Waals surface area contributed by atoms with Crippen LogP contribution in [0.25, 0.3) is 0 Å². The number of alkyl halides is 2. The molecule has 1 fully saturated rings. The van der Waals surface area contributed by atoms with Crippen molar-refractivity contribution in [2.24, 2.45) is 5.73 Å². The van der Waals surface area contributed by atoms with Crippen LogP contribution in [-0.4, -0.2) is 38.5 Å². The van der Waals surface area contributed by atoms with Crippen molar-refractivity contribution in [3.8, 4) is 5.75 Å². The Kier molecular flexibility index (Phi) is 6.48. The van der Waals surface area contributed by atoms with Gasteiger partial charge in [-0.15, -0.1) is 12.4 Å². The summed E-state index contributed by atoms with van der Waals surface area (Å²) in [6.07, 6.45) is 1.34. The van der Waals surface area contributed by atoms with Gasteiger partial charge in [0.15, 0.2) is 11.6 Å². The van der Waals surface area contributed by atoms with Gasteiger partial charge in [0.25, 0.3) is 0 Å². The van der Waals surface area contributed by atoms with E-state index < -0.39 is 28.2 Å². The van der Waals surface area contributed by atoms with E-state index in [2.05, 4.69) is 4.74 Å². The Labute approximate surface area is 132 Å². The minimum Gasteiger partial charge on any atom is -0.432 e. The predicted octanol–water partition coefficient (Wildman–Crippen LogP) is 1.96. The first kappa shape index (κ1) is 19.0. The summed E-state index contributed by atoms with van der Waals surface area (Å²) < 4.78 is 67.5. The summed E-state index contributed by atoms with van der Waals surface area (Å²) >= 11 is 0. The summed E-state index contributed by atoms with van der Waals surface area (Å²) in [4.78, 5) is -0.310. The molecule has 2 N–H and O–H groups in total. The fourth-order valence-electron chi connectivity index (χ4n) is 2.17. The van der Waals surface area contributed by atoms with Gasteiger partial charge >= 0.3 is 6.61 Å². The second-order valence-electron chi connectivity index (χ2n) is 4.74. The average Bonchev–Trinajstić information content (AvgIpc) is 2.40. The van der Waals surface area contributed by atoms with E-state index in [-0.39, 0.29) is 29.9 Å². The minimum atomic E-state index is -3.89. The number of halogens is 4. The van der Waals surface area contributed by atoms with Crippen LogP contribution in [-0.2, 0) is 10.0 Å². The van der Waals surface area contributed by atoms with E-state index >= 15 is 0 Å². The third kappa shape index (κ3) is 4.25. The van der Waals surface area contributed by atoms with E-state index in [1.165, 1.54) is 4.31 Å². The summed E-state index contributed by atoms with van der Waals surface area (Å²) in [7, 11) is -3.89. The fourth-order valence-corrected chi connectivity index (χ4v) is 3.72. The zero-order valence-corrected chi connectivity index (χ0v) is 13.0. The van der Waals surface area contributed by atoms with Gasteiger partial charge in [0.1, 0.15) is 0 Å². The van der Waals surface area contributed by atoms with E-state index in [0.717, 1.165) is 18.6 Å². The maximum Gasteiger partial charge on any atom is 0.387 e. The van der Waals surface area contributed by atoms with Crippen LogP contribution in [0.5, 0.6) is 5.75 Å². The van der Waals surface area contributed by atoms with Crippen molar-refractivity contribution < 1.29 is 26.3 Å². The van der Waals surface area contributed by atoms with Gasteiger partial charge < -0.3 is 10.5 Å². The van der Waals surface area contributed by atoms with E-state index in [9.17, 15) is 21.6 Å². The highest BCUT2D eigenvalue weighted by Gasteiger charge is 2.29. The third-order valence-electron chi connectivity index (χ3n) is 3.18. The van der Waals surface area contributed by atoms with Crippen molar-refractivity contribution >= 4 is 22.4 Å². The quantitative estimate of drug-likeness (QED) is 0.891. The van der Waals surface area contributed by atoms with E-state index in [1.54, 1.807) is 0 Å². The number of nitrogens with zero attached hydrogens (tertiary/aromatic N) is 1. The van der Waals surface area contributed by atoms with Crippen molar-refractivity contribution in [3.63, 3.8) is 0 Å². The van der Waals surface area contributed by atoms with Crippen molar-refractivity contribution in [3.05, 3.63) is 24.0 Å². The Hall–Kier alpha value is -1.03. The first-order chi connectivity index (χ1) is 9.80. The molecule has 1 atom stereocenters. The molecule has 0 spiro atoms. The number of sulfonamides is 1. The standard InChI is InChI=1S/C12H15F3N2O3S.ClH/c13-10-6-9(3-4-11(10)20-12(14)15)21(18,19)17-5-1-2-8(16)7-17;/h3-4,6,8,12H,1-2,5,7,16H2;1H/t8-;/m1./s1. The van der Waals surface area contributed by atoms with Crippen LogP contribution in [0.15, 0.2) is 23.1 Å². The lowest BCUT2D eigenvalue weighted by atomic mass is 10.1. The Bertz CT molecular complexity index is 616. The molecule has 0 unspecified atom stereocenters. The second kappa shape index (κ2) is 7.49. The van der Waals surface area contributed by atoms with Crippen molar-refractivity contribution in [2.75, 3.05) is 13.1 Å². The molecule has 5 nitrogen and oxygen atoms in total. The second-order valence-corrected chi connectivity index (χ2v) is 6.67. The zero-order chi connectivity index (χ0) is 15.6. The molecule has 1 heterocycles. The highest BCUT2D eigenvalue weighted by atomic mass is 35.5. The van der Waals surface area contributed by atoms with Crippen LogP contribution in [0.3, 0.4) is 0 Å². The van der Waals surface area contributed by atoms with Gasteiger partial charge in [-0.2, -0.15) is 13.1 Å². The van der Waals surface area contributed by atoms with Crippen molar-refractivity contribution in [1.82, 2.24) is 4.31 Å². The lowest BCUT2D eigenvalue weighted by molar-refractivity contribution is -0.0522. The summed E-state index contributed by atoms with van der Waals surface area (Å²) in [6.45, 7) is -2.73. The molecule has 1 aliphatic heterocycles. The van der Waals surface area contributed by atoms with Gasteiger partial charge in [-0.05, 0) is 31.0 Å². The molecule has 1 aromatic rings. The molecule has 1 aliphatic rings. The lowest BCUT2D eigenvalue weighted by Gasteiger charge is -2.29. The lowest BCUT2D eigenvalue weighted by Crippen LogP contribution is -2.45. The van der Waals surface area contributed by atoms with Crippen LogP contribution in [0.2, 0.25) is 0 Å². The van der Waals surface area contributed by atoms with Gasteiger partial charge in [-0.1, -0.05) is 0 Å². The molecule has 0 amide bonds. The van der Waals surface area contributed by atoms with Gasteiger partial charge in [0.05, 0.1) is 4.90 Å². The summed E-state index contributed by atoms with van der Waals surface area (Å²) in [5.41, 5.74) is 5.73. The largest absolute Gasteiger partial charge is 0.432 e. The Morgan fingerprint density at radius 1 is 1.36 bits per heavy atom. The smallest absolute Gasteiger partial charge is 0.387 e. The third-order valence-corrected chi connectivity index (χ3v) is 5.04. The maximum absolute atomic E-state index is 13.6. The predicted molar refractivity (Wildman–Crippen MR) is 76.2 cm³/mol. The van der Waals surface area contributed by atoms with E-state index in [1.807, 2.05) is 0 Å². The van der Waals surface area contributed by atoms with Gasteiger partial charge in [0.2, 0.25) is 10.0 Å². The minimum absolute atomic E-state index is 0.